The minimum absolute atomic E-state index is 0.0276. The van der Waals surface area contributed by atoms with Crippen LogP contribution in [0.15, 0.2) is 30.9 Å². The molecule has 2 rings (SSSR count). The SMILES string of the molecule is C=CCOC(=O)[C@@H]1C(c2ccc(Cl)c(Cl)c2)CCN1C(=O)C(=O)C(C)(C)CC. The van der Waals surface area contributed by atoms with E-state index in [0.717, 1.165) is 5.56 Å². The smallest absolute Gasteiger partial charge is 0.329 e. The highest BCUT2D eigenvalue weighted by molar-refractivity contribution is 6.42. The molecule has 1 aliphatic rings. The first-order valence-electron chi connectivity index (χ1n) is 9.22. The average Bonchev–Trinajstić information content (AvgIpc) is 3.12. The van der Waals surface area contributed by atoms with E-state index in [4.69, 9.17) is 27.9 Å². The normalized spacial score (nSPS) is 19.4. The van der Waals surface area contributed by atoms with E-state index in [0.29, 0.717) is 22.9 Å². The van der Waals surface area contributed by atoms with E-state index in [2.05, 4.69) is 6.58 Å². The molecule has 5 nitrogen and oxygen atoms in total. The van der Waals surface area contributed by atoms with Crippen molar-refractivity contribution in [3.05, 3.63) is 46.5 Å². The predicted octanol–water partition coefficient (Wildman–Crippen LogP) is 4.41. The van der Waals surface area contributed by atoms with Crippen LogP contribution in [0, 0.1) is 5.41 Å². The van der Waals surface area contributed by atoms with Crippen LogP contribution in [-0.2, 0) is 19.1 Å². The quantitative estimate of drug-likeness (QED) is 0.368. The lowest BCUT2D eigenvalue weighted by molar-refractivity contribution is -0.157. The summed E-state index contributed by atoms with van der Waals surface area (Å²) in [6.45, 7) is 9.15. The summed E-state index contributed by atoms with van der Waals surface area (Å²) in [5.41, 5.74) is -0.0265. The number of nitrogens with zero attached hydrogens (tertiary/aromatic N) is 1. The van der Waals surface area contributed by atoms with Crippen LogP contribution < -0.4 is 0 Å². The highest BCUT2D eigenvalue weighted by Gasteiger charge is 2.47. The van der Waals surface area contributed by atoms with Gasteiger partial charge in [0.2, 0.25) is 5.78 Å². The van der Waals surface area contributed by atoms with E-state index >= 15 is 0 Å². The molecule has 1 amide bonds. The Kier molecular flexibility index (Phi) is 7.29. The summed E-state index contributed by atoms with van der Waals surface area (Å²) >= 11 is 12.1. The molecule has 28 heavy (non-hydrogen) atoms. The van der Waals surface area contributed by atoms with Crippen molar-refractivity contribution in [3.63, 3.8) is 0 Å². The van der Waals surface area contributed by atoms with Gasteiger partial charge in [-0.25, -0.2) is 4.79 Å². The Hall–Kier alpha value is -1.85. The molecule has 1 heterocycles. The number of amides is 1. The van der Waals surface area contributed by atoms with Gasteiger partial charge >= 0.3 is 5.97 Å². The van der Waals surface area contributed by atoms with Crippen molar-refractivity contribution in [2.75, 3.05) is 13.2 Å². The Morgan fingerprint density at radius 1 is 1.29 bits per heavy atom. The number of carbonyl (C=O) groups is 3. The monoisotopic (exact) mass is 425 g/mol. The van der Waals surface area contributed by atoms with Crippen molar-refractivity contribution in [2.45, 2.75) is 45.6 Å². The Morgan fingerprint density at radius 2 is 1.96 bits per heavy atom. The summed E-state index contributed by atoms with van der Waals surface area (Å²) in [5, 5.41) is 0.771. The molecular formula is C21H25Cl2NO4. The molecule has 0 radical (unpaired) electrons. The third-order valence-corrected chi connectivity index (χ3v) is 6.05. The minimum atomic E-state index is -0.902. The molecule has 1 fully saturated rings. The first-order chi connectivity index (χ1) is 13.1. The zero-order chi connectivity index (χ0) is 21.1. The zero-order valence-electron chi connectivity index (χ0n) is 16.3. The average molecular weight is 426 g/mol. The van der Waals surface area contributed by atoms with E-state index in [1.54, 1.807) is 32.0 Å². The van der Waals surface area contributed by atoms with Crippen molar-refractivity contribution in [1.29, 1.82) is 0 Å². The van der Waals surface area contributed by atoms with Crippen molar-refractivity contribution < 1.29 is 19.1 Å². The molecule has 2 atom stereocenters. The fourth-order valence-corrected chi connectivity index (χ4v) is 3.52. The van der Waals surface area contributed by atoms with E-state index in [9.17, 15) is 14.4 Å². The van der Waals surface area contributed by atoms with Crippen molar-refractivity contribution in [3.8, 4) is 0 Å². The number of Topliss-reactive ketones (excluding diaryl/α,β-unsaturated/α-hetero) is 1. The van der Waals surface area contributed by atoms with Gasteiger partial charge in [-0.3, -0.25) is 9.59 Å². The molecule has 152 valence electrons. The van der Waals surface area contributed by atoms with Crippen LogP contribution in [0.3, 0.4) is 0 Å². The molecule has 0 saturated carbocycles. The molecule has 1 aliphatic heterocycles. The second-order valence-electron chi connectivity index (χ2n) is 7.50. The molecule has 1 unspecified atom stereocenters. The lowest BCUT2D eigenvalue weighted by Crippen LogP contribution is -2.49. The van der Waals surface area contributed by atoms with Gasteiger partial charge in [0.25, 0.3) is 5.91 Å². The number of ether oxygens (including phenoxy) is 1. The van der Waals surface area contributed by atoms with Gasteiger partial charge in [-0.1, -0.05) is 62.7 Å². The van der Waals surface area contributed by atoms with Gasteiger partial charge in [0.05, 0.1) is 10.0 Å². The first-order valence-corrected chi connectivity index (χ1v) is 9.97. The van der Waals surface area contributed by atoms with Crippen molar-refractivity contribution in [2.24, 2.45) is 5.41 Å². The molecule has 0 spiro atoms. The standard InChI is InChI=1S/C21H25Cl2NO4/c1-5-11-28-20(27)17-14(13-7-8-15(22)16(23)12-13)9-10-24(17)19(26)18(25)21(3,4)6-2/h5,7-8,12,14,17H,1,6,9-11H2,2-4H3/t14?,17-/m0/s1. The van der Waals surface area contributed by atoms with Crippen molar-refractivity contribution in [1.82, 2.24) is 4.90 Å². The maximum atomic E-state index is 12.9. The lowest BCUT2D eigenvalue weighted by atomic mass is 9.84. The maximum absolute atomic E-state index is 12.9. The third kappa shape index (κ3) is 4.58. The number of hydrogen-bond donors (Lipinski definition) is 0. The van der Waals surface area contributed by atoms with Crippen molar-refractivity contribution >= 4 is 40.9 Å². The molecule has 0 aliphatic carbocycles. The van der Waals surface area contributed by atoms with Gasteiger partial charge in [0.15, 0.2) is 0 Å². The van der Waals surface area contributed by atoms with Gasteiger partial charge in [-0.15, -0.1) is 0 Å². The summed E-state index contributed by atoms with van der Waals surface area (Å²) in [6.07, 6.45) is 2.49. The van der Waals surface area contributed by atoms with E-state index < -0.39 is 29.1 Å². The van der Waals surface area contributed by atoms with E-state index in [1.165, 1.54) is 11.0 Å². The number of halogens is 2. The summed E-state index contributed by atoms with van der Waals surface area (Å²) < 4.78 is 5.23. The summed E-state index contributed by atoms with van der Waals surface area (Å²) in [5.74, 6) is -2.07. The van der Waals surface area contributed by atoms with E-state index in [-0.39, 0.29) is 19.1 Å². The van der Waals surface area contributed by atoms with Crippen LogP contribution in [0.1, 0.15) is 45.1 Å². The fraction of sp³-hybridized carbons (Fsp3) is 0.476. The van der Waals surface area contributed by atoms with Gasteiger partial charge in [0.1, 0.15) is 12.6 Å². The second kappa shape index (κ2) is 9.10. The molecule has 1 aromatic carbocycles. The van der Waals surface area contributed by atoms with Crippen LogP contribution in [0.5, 0.6) is 0 Å². The number of carbonyl (C=O) groups excluding carboxylic acids is 3. The Balaban J connectivity index is 2.38. The molecule has 1 saturated heterocycles. The topological polar surface area (TPSA) is 63.7 Å². The first kappa shape index (κ1) is 22.4. The number of esters is 1. The van der Waals surface area contributed by atoms with Crippen LogP contribution >= 0.6 is 23.2 Å². The van der Waals surface area contributed by atoms with Crippen LogP contribution in [0.4, 0.5) is 0 Å². The molecule has 1 aromatic rings. The number of likely N-dealkylation sites (tertiary alicyclic amines) is 1. The fourth-order valence-electron chi connectivity index (χ4n) is 3.21. The zero-order valence-corrected chi connectivity index (χ0v) is 17.8. The summed E-state index contributed by atoms with van der Waals surface area (Å²) in [7, 11) is 0. The molecule has 0 N–H and O–H groups in total. The number of benzene rings is 1. The Morgan fingerprint density at radius 3 is 2.54 bits per heavy atom. The van der Waals surface area contributed by atoms with Gasteiger partial charge in [-0.2, -0.15) is 0 Å². The minimum Gasteiger partial charge on any atom is -0.460 e. The van der Waals surface area contributed by atoms with Gasteiger partial charge in [0, 0.05) is 17.9 Å². The summed E-state index contributed by atoms with van der Waals surface area (Å²) in [4.78, 5) is 39.7. The highest BCUT2D eigenvalue weighted by Crippen LogP contribution is 2.37. The van der Waals surface area contributed by atoms with Gasteiger partial charge in [-0.05, 0) is 30.5 Å². The lowest BCUT2D eigenvalue weighted by Gasteiger charge is -2.29. The van der Waals surface area contributed by atoms with Crippen LogP contribution in [-0.4, -0.2) is 41.8 Å². The molecule has 0 aromatic heterocycles. The molecule has 7 heteroatoms. The van der Waals surface area contributed by atoms with Crippen LogP contribution in [0.2, 0.25) is 10.0 Å². The summed E-state index contributed by atoms with van der Waals surface area (Å²) in [6, 6.07) is 4.22. The van der Waals surface area contributed by atoms with Gasteiger partial charge < -0.3 is 9.64 Å². The maximum Gasteiger partial charge on any atom is 0.329 e. The molecular weight excluding hydrogens is 401 g/mol. The Bertz CT molecular complexity index is 791. The largest absolute Gasteiger partial charge is 0.460 e. The second-order valence-corrected chi connectivity index (χ2v) is 8.31. The number of rotatable bonds is 7. The third-order valence-electron chi connectivity index (χ3n) is 5.31. The number of hydrogen-bond acceptors (Lipinski definition) is 4. The molecule has 0 bridgehead atoms. The van der Waals surface area contributed by atoms with E-state index in [1.807, 2.05) is 6.92 Å². The number of ketones is 1. The predicted molar refractivity (Wildman–Crippen MR) is 110 cm³/mol. The van der Waals surface area contributed by atoms with Crippen LogP contribution in [0.25, 0.3) is 0 Å². The Labute approximate surface area is 175 Å². The highest BCUT2D eigenvalue weighted by atomic mass is 35.5.